The number of hydrogen-bond acceptors (Lipinski definition) is 1. The van der Waals surface area contributed by atoms with Gasteiger partial charge in [0.05, 0.1) is 0 Å². The van der Waals surface area contributed by atoms with Gasteiger partial charge in [-0.1, -0.05) is 0 Å². The second-order valence-electron chi connectivity index (χ2n) is 1.50. The van der Waals surface area contributed by atoms with Gasteiger partial charge in [0.1, 0.15) is 0 Å². The summed E-state index contributed by atoms with van der Waals surface area (Å²) in [6.07, 6.45) is 0. The van der Waals surface area contributed by atoms with E-state index in [4.69, 9.17) is 0 Å². The first-order valence-corrected chi connectivity index (χ1v) is 3.68. The fourth-order valence-corrected chi connectivity index (χ4v) is 0. The summed E-state index contributed by atoms with van der Waals surface area (Å²) < 4.78 is 0. The van der Waals surface area contributed by atoms with Crippen molar-refractivity contribution in [2.24, 2.45) is 0 Å². The van der Waals surface area contributed by atoms with Gasteiger partial charge in [0.25, 0.3) is 0 Å². The first-order chi connectivity index (χ1) is 2.73. The van der Waals surface area contributed by atoms with Crippen molar-refractivity contribution >= 4 is 9.58 Å². The molecule has 0 saturated carbocycles. The molecule has 0 aromatic carbocycles. The van der Waals surface area contributed by atoms with Gasteiger partial charge in [-0.05, 0) is 0 Å². The SMILES string of the molecule is C[C-](C)C.[S]=[Ag]. The Morgan fingerprint density at radius 3 is 1.17 bits per heavy atom. The van der Waals surface area contributed by atoms with Gasteiger partial charge in [0, 0.05) is 0 Å². The molecule has 0 atom stereocenters. The van der Waals surface area contributed by atoms with Crippen molar-refractivity contribution in [1.82, 2.24) is 0 Å². The van der Waals surface area contributed by atoms with E-state index < -0.39 is 0 Å². The molecule has 43 valence electrons. The molecule has 0 aliphatic heterocycles. The van der Waals surface area contributed by atoms with Crippen molar-refractivity contribution in [1.29, 1.82) is 0 Å². The van der Waals surface area contributed by atoms with Gasteiger partial charge in [-0.25, -0.2) is 0 Å². The third-order valence-corrected chi connectivity index (χ3v) is 0. The molecule has 0 saturated heterocycles. The average molecular weight is 197 g/mol. The summed E-state index contributed by atoms with van der Waals surface area (Å²) in [5, 5.41) is 0. The molecule has 0 spiro atoms. The molecule has 0 aliphatic carbocycles. The molecule has 0 aliphatic rings. The predicted molar refractivity (Wildman–Crippen MR) is 27.9 cm³/mol. The van der Waals surface area contributed by atoms with E-state index in [0.29, 0.717) is 0 Å². The second-order valence-corrected chi connectivity index (χ2v) is 1.50. The average Bonchev–Trinajstić information content (AvgIpc) is 1.41. The van der Waals surface area contributed by atoms with E-state index in [1.807, 2.05) is 0 Å². The first-order valence-electron chi connectivity index (χ1n) is 1.62. The molecular formula is C4H9AgS-. The Kier molecular flexibility index (Phi) is 15.7. The fourth-order valence-electron chi connectivity index (χ4n) is 0. The molecule has 0 heterocycles. The van der Waals surface area contributed by atoms with E-state index in [-0.39, 0.29) is 0 Å². The molecule has 0 unspecified atom stereocenters. The molecule has 0 aromatic rings. The van der Waals surface area contributed by atoms with Gasteiger partial charge < -0.3 is 5.92 Å². The van der Waals surface area contributed by atoms with Gasteiger partial charge in [0.2, 0.25) is 0 Å². The van der Waals surface area contributed by atoms with Gasteiger partial charge in [0.15, 0.2) is 0 Å². The molecule has 0 rings (SSSR count). The Hall–Kier alpha value is 0.960. The van der Waals surface area contributed by atoms with Crippen LogP contribution >= 0.6 is 9.58 Å². The van der Waals surface area contributed by atoms with Crippen LogP contribution in [-0.2, 0) is 19.2 Å². The Morgan fingerprint density at radius 2 is 1.17 bits per heavy atom. The van der Waals surface area contributed by atoms with Crippen LogP contribution in [0.3, 0.4) is 0 Å². The van der Waals surface area contributed by atoms with E-state index >= 15 is 0 Å². The zero-order valence-corrected chi connectivity index (χ0v) is 6.51. The fraction of sp³-hybridized carbons (Fsp3) is 0.750. The van der Waals surface area contributed by atoms with Gasteiger partial charge in [-0.2, -0.15) is 20.8 Å². The van der Waals surface area contributed by atoms with Crippen molar-refractivity contribution in [3.8, 4) is 0 Å². The van der Waals surface area contributed by atoms with Crippen molar-refractivity contribution in [2.45, 2.75) is 20.8 Å². The standard InChI is InChI=1S/C4H9.Ag.S/c1-4(2)3;;/h1-3H3;;/q-1;;. The summed E-state index contributed by atoms with van der Waals surface area (Å²) in [7, 11) is 3.89. The van der Waals surface area contributed by atoms with Crippen LogP contribution in [0.15, 0.2) is 0 Å². The van der Waals surface area contributed by atoms with Crippen LogP contribution < -0.4 is 0 Å². The van der Waals surface area contributed by atoms with E-state index in [1.165, 1.54) is 5.92 Å². The molecule has 0 amide bonds. The molecule has 0 nitrogen and oxygen atoms in total. The van der Waals surface area contributed by atoms with E-state index in [0.717, 1.165) is 0 Å². The molecule has 2 heteroatoms. The minimum absolute atomic E-state index is 1.42. The van der Waals surface area contributed by atoms with Crippen molar-refractivity contribution in [2.75, 3.05) is 0 Å². The monoisotopic (exact) mass is 196 g/mol. The van der Waals surface area contributed by atoms with Crippen LogP contribution in [0.5, 0.6) is 0 Å². The summed E-state index contributed by atoms with van der Waals surface area (Å²) in [5.41, 5.74) is 0. The van der Waals surface area contributed by atoms with E-state index in [1.54, 1.807) is 0 Å². The van der Waals surface area contributed by atoms with Crippen LogP contribution in [0.25, 0.3) is 0 Å². The normalized spacial score (nSPS) is 7.00. The Balaban J connectivity index is 0. The molecule has 0 aromatic heterocycles. The topological polar surface area (TPSA) is 0 Å². The van der Waals surface area contributed by atoms with Crippen molar-refractivity contribution in [3.05, 3.63) is 5.92 Å². The Bertz CT molecular complexity index is 18.8. The number of rotatable bonds is 0. The second kappa shape index (κ2) is 9.35. The summed E-state index contributed by atoms with van der Waals surface area (Å²) >= 11 is 2.53. The molecular weight excluding hydrogens is 188 g/mol. The number of hydrogen-bond donors (Lipinski definition) is 0. The maximum atomic E-state index is 3.89. The summed E-state index contributed by atoms with van der Waals surface area (Å²) in [5.74, 6) is 1.42. The van der Waals surface area contributed by atoms with E-state index in [9.17, 15) is 0 Å². The molecule has 6 heavy (non-hydrogen) atoms. The quantitative estimate of drug-likeness (QED) is 0.424. The van der Waals surface area contributed by atoms with Crippen LogP contribution in [0.1, 0.15) is 20.8 Å². The van der Waals surface area contributed by atoms with Gasteiger partial charge in [-0.3, -0.25) is 0 Å². The molecule has 0 radical (unpaired) electrons. The van der Waals surface area contributed by atoms with Crippen LogP contribution in [0, 0.1) is 5.92 Å². The van der Waals surface area contributed by atoms with Crippen LogP contribution in [0.4, 0.5) is 0 Å². The van der Waals surface area contributed by atoms with Gasteiger partial charge >= 0.3 is 28.8 Å². The van der Waals surface area contributed by atoms with E-state index in [2.05, 4.69) is 49.5 Å². The molecule has 0 N–H and O–H groups in total. The third kappa shape index (κ3) is 84.4. The zero-order valence-electron chi connectivity index (χ0n) is 4.21. The Labute approximate surface area is 55.6 Å². The summed E-state index contributed by atoms with van der Waals surface area (Å²) in [4.78, 5) is 0. The van der Waals surface area contributed by atoms with Crippen LogP contribution in [0.2, 0.25) is 0 Å². The summed E-state index contributed by atoms with van der Waals surface area (Å²) in [6, 6.07) is 0. The van der Waals surface area contributed by atoms with Crippen LogP contribution in [-0.4, -0.2) is 0 Å². The van der Waals surface area contributed by atoms with Crippen molar-refractivity contribution in [3.63, 3.8) is 0 Å². The molecule has 0 fully saturated rings. The summed E-state index contributed by atoms with van der Waals surface area (Å²) in [6.45, 7) is 6.25. The zero-order chi connectivity index (χ0) is 5.58. The predicted octanol–water partition coefficient (Wildman–Crippen LogP) is 2.27. The minimum atomic E-state index is 1.42. The van der Waals surface area contributed by atoms with Crippen molar-refractivity contribution < 1.29 is 19.2 Å². The van der Waals surface area contributed by atoms with Gasteiger partial charge in [-0.15, -0.1) is 0 Å². The Morgan fingerprint density at radius 1 is 1.17 bits per heavy atom. The third-order valence-electron chi connectivity index (χ3n) is 0. The first kappa shape index (κ1) is 10.0. The molecule has 0 bridgehead atoms. The maximum absolute atomic E-state index is 3.89.